The second-order valence-electron chi connectivity index (χ2n) is 6.05. The zero-order valence-electron chi connectivity index (χ0n) is 14.8. The number of rotatable bonds is 16. The lowest BCUT2D eigenvalue weighted by Crippen LogP contribution is -2.23. The lowest BCUT2D eigenvalue weighted by atomic mass is 10.0. The fourth-order valence-corrected chi connectivity index (χ4v) is 2.53. The van der Waals surface area contributed by atoms with E-state index in [1.54, 1.807) is 0 Å². The van der Waals surface area contributed by atoms with Gasteiger partial charge in [0.2, 0.25) is 0 Å². The smallest absolute Gasteiger partial charge is 0.332 e. The minimum absolute atomic E-state index is 0.0685. The van der Waals surface area contributed by atoms with E-state index in [9.17, 15) is 9.59 Å². The summed E-state index contributed by atoms with van der Waals surface area (Å²) in [6, 6.07) is 0. The summed E-state index contributed by atoms with van der Waals surface area (Å²) in [6.07, 6.45) is 12.7. The van der Waals surface area contributed by atoms with Crippen molar-refractivity contribution in [3.63, 3.8) is 0 Å². The van der Waals surface area contributed by atoms with E-state index in [-0.39, 0.29) is 12.7 Å². The monoisotopic (exact) mass is 330 g/mol. The molecule has 0 fully saturated rings. The number of carboxylic acids is 1. The zero-order chi connectivity index (χ0) is 17.3. The molecule has 0 heterocycles. The summed E-state index contributed by atoms with van der Waals surface area (Å²) in [5.74, 6) is -1.55. The van der Waals surface area contributed by atoms with Crippen LogP contribution in [0.4, 0.5) is 0 Å². The Morgan fingerprint density at radius 1 is 0.826 bits per heavy atom. The predicted octanol–water partition coefficient (Wildman–Crippen LogP) is 4.33. The third-order valence-corrected chi connectivity index (χ3v) is 3.73. The molecule has 0 aliphatic heterocycles. The van der Waals surface area contributed by atoms with Crippen LogP contribution in [0, 0.1) is 0 Å². The van der Waals surface area contributed by atoms with E-state index >= 15 is 0 Å². The van der Waals surface area contributed by atoms with Crippen molar-refractivity contribution in [2.75, 3.05) is 13.2 Å². The van der Waals surface area contributed by atoms with Crippen molar-refractivity contribution in [3.8, 4) is 0 Å². The average molecular weight is 330 g/mol. The Labute approximate surface area is 140 Å². The van der Waals surface area contributed by atoms with Crippen LogP contribution in [0.3, 0.4) is 0 Å². The lowest BCUT2D eigenvalue weighted by Gasteiger charge is -2.17. The summed E-state index contributed by atoms with van der Waals surface area (Å²) in [7, 11) is 0. The molecule has 0 spiro atoms. The lowest BCUT2D eigenvalue weighted by molar-refractivity contribution is -0.157. The molecular weight excluding hydrogens is 296 g/mol. The summed E-state index contributed by atoms with van der Waals surface area (Å²) in [5, 5.41) is 8.45. The van der Waals surface area contributed by atoms with Crippen LogP contribution in [-0.2, 0) is 19.1 Å². The molecule has 0 saturated heterocycles. The first-order chi connectivity index (χ1) is 11.1. The van der Waals surface area contributed by atoms with E-state index in [4.69, 9.17) is 14.6 Å². The number of ether oxygens (including phenoxy) is 2. The van der Waals surface area contributed by atoms with Crippen molar-refractivity contribution in [2.24, 2.45) is 0 Å². The van der Waals surface area contributed by atoms with Crippen LogP contribution in [0.1, 0.15) is 84.5 Å². The molecular formula is C18H34O5. The molecule has 0 bridgehead atoms. The number of carbonyl (C=O) groups excluding carboxylic acids is 1. The van der Waals surface area contributed by atoms with Crippen LogP contribution < -0.4 is 0 Å². The van der Waals surface area contributed by atoms with Gasteiger partial charge in [-0.3, -0.25) is 0 Å². The molecule has 0 aliphatic rings. The molecule has 0 aromatic carbocycles. The highest BCUT2D eigenvalue weighted by Gasteiger charge is 2.14. The maximum Gasteiger partial charge on any atom is 0.332 e. The van der Waals surface area contributed by atoms with E-state index in [0.717, 1.165) is 25.7 Å². The van der Waals surface area contributed by atoms with Crippen LogP contribution in [0.5, 0.6) is 0 Å². The van der Waals surface area contributed by atoms with Gasteiger partial charge >= 0.3 is 11.9 Å². The van der Waals surface area contributed by atoms with Crippen LogP contribution in [0.2, 0.25) is 0 Å². The molecule has 0 radical (unpaired) electrons. The first-order valence-corrected chi connectivity index (χ1v) is 9.09. The number of carbonyl (C=O) groups is 2. The largest absolute Gasteiger partial charge is 0.480 e. The van der Waals surface area contributed by atoms with E-state index in [0.29, 0.717) is 0 Å². The van der Waals surface area contributed by atoms with Gasteiger partial charge in [-0.25, -0.2) is 9.59 Å². The number of hydrogen-bond donors (Lipinski definition) is 1. The first-order valence-electron chi connectivity index (χ1n) is 9.09. The van der Waals surface area contributed by atoms with Crippen LogP contribution in [-0.4, -0.2) is 36.4 Å². The fraction of sp³-hybridized carbons (Fsp3) is 0.889. The van der Waals surface area contributed by atoms with Crippen molar-refractivity contribution in [1.29, 1.82) is 0 Å². The summed E-state index contributed by atoms with van der Waals surface area (Å²) >= 11 is 0. The maximum atomic E-state index is 11.6. The van der Waals surface area contributed by atoms with Crippen molar-refractivity contribution < 1.29 is 24.2 Å². The highest BCUT2D eigenvalue weighted by Crippen LogP contribution is 2.15. The number of unbranched alkanes of at least 4 members (excludes halogenated alkanes) is 7. The highest BCUT2D eigenvalue weighted by molar-refractivity contribution is 5.72. The van der Waals surface area contributed by atoms with Crippen LogP contribution >= 0.6 is 0 Å². The molecule has 1 atom stereocenters. The van der Waals surface area contributed by atoms with E-state index in [2.05, 4.69) is 13.8 Å². The molecule has 0 amide bonds. The second kappa shape index (κ2) is 15.8. The average Bonchev–Trinajstić information content (AvgIpc) is 2.49. The summed E-state index contributed by atoms with van der Waals surface area (Å²) < 4.78 is 10.1. The first kappa shape index (κ1) is 21.9. The SMILES string of the molecule is CCCCCCCCCCC(CCC)OC(=O)COCC(=O)O. The minimum atomic E-state index is -1.08. The number of hydrogen-bond acceptors (Lipinski definition) is 4. The quantitative estimate of drug-likeness (QED) is 0.337. The summed E-state index contributed by atoms with van der Waals surface area (Å²) in [4.78, 5) is 21.9. The topological polar surface area (TPSA) is 72.8 Å². The third-order valence-electron chi connectivity index (χ3n) is 3.73. The Bertz CT molecular complexity index is 304. The van der Waals surface area contributed by atoms with Gasteiger partial charge in [-0.15, -0.1) is 0 Å². The molecule has 0 aliphatic carbocycles. The Morgan fingerprint density at radius 2 is 1.43 bits per heavy atom. The van der Waals surface area contributed by atoms with E-state index < -0.39 is 18.5 Å². The van der Waals surface area contributed by atoms with Gasteiger partial charge in [-0.1, -0.05) is 65.2 Å². The van der Waals surface area contributed by atoms with Gasteiger partial charge in [-0.2, -0.15) is 0 Å². The number of esters is 1. The van der Waals surface area contributed by atoms with Gasteiger partial charge in [0.1, 0.15) is 19.3 Å². The molecule has 0 aromatic rings. The molecule has 1 unspecified atom stereocenters. The molecule has 5 nitrogen and oxygen atoms in total. The summed E-state index contributed by atoms with van der Waals surface area (Å²) in [6.45, 7) is 3.53. The molecule has 1 N–H and O–H groups in total. The van der Waals surface area contributed by atoms with Crippen LogP contribution in [0.15, 0.2) is 0 Å². The highest BCUT2D eigenvalue weighted by atomic mass is 16.6. The third kappa shape index (κ3) is 15.6. The molecule has 5 heteroatoms. The molecule has 0 saturated carbocycles. The standard InChI is InChI=1S/C18H34O5/c1-3-5-6-7-8-9-10-11-13-16(12-4-2)23-18(21)15-22-14-17(19)20/h16H,3-15H2,1-2H3,(H,19,20). The minimum Gasteiger partial charge on any atom is -0.480 e. The van der Waals surface area contributed by atoms with Gasteiger partial charge in [0.15, 0.2) is 0 Å². The number of aliphatic carboxylic acids is 1. The Balaban J connectivity index is 3.72. The van der Waals surface area contributed by atoms with Gasteiger partial charge in [0.25, 0.3) is 0 Å². The normalized spacial score (nSPS) is 12.1. The van der Waals surface area contributed by atoms with E-state index in [1.807, 2.05) is 0 Å². The Hall–Kier alpha value is -1.10. The van der Waals surface area contributed by atoms with Gasteiger partial charge in [-0.05, 0) is 19.3 Å². The van der Waals surface area contributed by atoms with Crippen molar-refractivity contribution in [3.05, 3.63) is 0 Å². The molecule has 0 aromatic heterocycles. The zero-order valence-corrected chi connectivity index (χ0v) is 14.8. The molecule has 23 heavy (non-hydrogen) atoms. The second-order valence-corrected chi connectivity index (χ2v) is 6.05. The maximum absolute atomic E-state index is 11.6. The van der Waals surface area contributed by atoms with Crippen molar-refractivity contribution in [1.82, 2.24) is 0 Å². The van der Waals surface area contributed by atoms with Crippen LogP contribution in [0.25, 0.3) is 0 Å². The van der Waals surface area contributed by atoms with Gasteiger partial charge in [0, 0.05) is 0 Å². The molecule has 0 rings (SSSR count). The van der Waals surface area contributed by atoms with E-state index in [1.165, 1.54) is 44.9 Å². The van der Waals surface area contributed by atoms with Crippen molar-refractivity contribution >= 4 is 11.9 Å². The number of carboxylic acid groups (broad SMARTS) is 1. The summed E-state index contributed by atoms with van der Waals surface area (Å²) in [5.41, 5.74) is 0. The van der Waals surface area contributed by atoms with Crippen molar-refractivity contribution in [2.45, 2.75) is 90.6 Å². The van der Waals surface area contributed by atoms with Gasteiger partial charge < -0.3 is 14.6 Å². The fourth-order valence-electron chi connectivity index (χ4n) is 2.53. The Morgan fingerprint density at radius 3 is 2.00 bits per heavy atom. The molecule has 136 valence electrons. The Kier molecular flexibility index (Phi) is 15.0. The van der Waals surface area contributed by atoms with Gasteiger partial charge in [0.05, 0.1) is 0 Å². The predicted molar refractivity (Wildman–Crippen MR) is 90.5 cm³/mol.